The molecule has 4 nitrogen and oxygen atoms in total. The highest BCUT2D eigenvalue weighted by Crippen LogP contribution is 2.33. The molecule has 1 aromatic heterocycles. The fourth-order valence-corrected chi connectivity index (χ4v) is 3.65. The fraction of sp³-hybridized carbons (Fsp3) is 0.412. The second-order valence-corrected chi connectivity index (χ2v) is 6.22. The number of hydrogen-bond acceptors (Lipinski definition) is 3. The van der Waals surface area contributed by atoms with Crippen LogP contribution in [0.2, 0.25) is 5.02 Å². The summed E-state index contributed by atoms with van der Waals surface area (Å²) in [5.74, 6) is 0.0450. The largest absolute Gasteiger partial charge is 0.378 e. The first-order valence-corrected chi connectivity index (χ1v) is 8.10. The van der Waals surface area contributed by atoms with E-state index in [-0.39, 0.29) is 5.91 Å². The molecule has 0 saturated carbocycles. The number of amides is 1. The van der Waals surface area contributed by atoms with Gasteiger partial charge in [-0.15, -0.1) is 0 Å². The fourth-order valence-electron chi connectivity index (χ4n) is 3.29. The summed E-state index contributed by atoms with van der Waals surface area (Å²) in [6.07, 6.45) is 3.09. The maximum Gasteiger partial charge on any atom is 0.254 e. The van der Waals surface area contributed by atoms with Gasteiger partial charge in [0.15, 0.2) is 0 Å². The molecule has 0 unspecified atom stereocenters. The van der Waals surface area contributed by atoms with E-state index in [1.54, 1.807) is 0 Å². The van der Waals surface area contributed by atoms with Crippen molar-refractivity contribution in [2.75, 3.05) is 26.3 Å². The van der Waals surface area contributed by atoms with Crippen LogP contribution < -0.4 is 0 Å². The van der Waals surface area contributed by atoms with Crippen molar-refractivity contribution in [1.82, 2.24) is 9.88 Å². The zero-order valence-corrected chi connectivity index (χ0v) is 13.0. The van der Waals surface area contributed by atoms with E-state index in [1.165, 1.54) is 5.56 Å². The molecule has 0 radical (unpaired) electrons. The Kier molecular flexibility index (Phi) is 3.51. The Hall–Kier alpha value is -1.65. The average molecular weight is 317 g/mol. The molecule has 114 valence electrons. The molecule has 2 aromatic rings. The van der Waals surface area contributed by atoms with Crippen LogP contribution in [-0.2, 0) is 17.6 Å². The Morgan fingerprint density at radius 2 is 2.05 bits per heavy atom. The summed E-state index contributed by atoms with van der Waals surface area (Å²) in [7, 11) is 0. The number of aryl methyl sites for hydroxylation is 1. The second kappa shape index (κ2) is 5.52. The lowest BCUT2D eigenvalue weighted by Gasteiger charge is -2.27. The maximum atomic E-state index is 12.6. The van der Waals surface area contributed by atoms with Gasteiger partial charge in [0.25, 0.3) is 5.91 Å². The molecule has 1 aromatic carbocycles. The van der Waals surface area contributed by atoms with Crippen LogP contribution in [0.4, 0.5) is 0 Å². The molecule has 5 heteroatoms. The minimum atomic E-state index is 0.0450. The highest BCUT2D eigenvalue weighted by molar-refractivity contribution is 6.36. The zero-order valence-electron chi connectivity index (χ0n) is 12.3. The van der Waals surface area contributed by atoms with Crippen molar-refractivity contribution in [1.29, 1.82) is 0 Å². The number of ether oxygens (including phenoxy) is 1. The van der Waals surface area contributed by atoms with Crippen LogP contribution >= 0.6 is 11.6 Å². The standard InChI is InChI=1S/C17H17ClN2O2/c18-16-12-2-1-3-14(12)19-15-10-11(4-5-13(15)16)17(21)20-6-8-22-9-7-20/h4-5,10H,1-3,6-9H2. The Labute approximate surface area is 134 Å². The van der Waals surface area contributed by atoms with Gasteiger partial charge in [0.2, 0.25) is 0 Å². The number of rotatable bonds is 1. The predicted molar refractivity (Wildman–Crippen MR) is 85.5 cm³/mol. The first-order valence-electron chi connectivity index (χ1n) is 7.72. The van der Waals surface area contributed by atoms with Crippen molar-refractivity contribution < 1.29 is 9.53 Å². The molecular formula is C17H17ClN2O2. The quantitative estimate of drug-likeness (QED) is 0.812. The Morgan fingerprint density at radius 1 is 1.23 bits per heavy atom. The third-order valence-electron chi connectivity index (χ3n) is 4.49. The monoisotopic (exact) mass is 316 g/mol. The van der Waals surface area contributed by atoms with Crippen LogP contribution in [-0.4, -0.2) is 42.1 Å². The molecule has 0 atom stereocenters. The van der Waals surface area contributed by atoms with Gasteiger partial charge in [-0.05, 0) is 37.0 Å². The Balaban J connectivity index is 1.74. The van der Waals surface area contributed by atoms with Gasteiger partial charge in [-0.3, -0.25) is 9.78 Å². The van der Waals surface area contributed by atoms with Crippen LogP contribution in [0, 0.1) is 0 Å². The number of aromatic nitrogens is 1. The number of fused-ring (bicyclic) bond motifs is 2. The van der Waals surface area contributed by atoms with Crippen molar-refractivity contribution in [2.45, 2.75) is 19.3 Å². The number of hydrogen-bond donors (Lipinski definition) is 0. The molecule has 0 bridgehead atoms. The van der Waals surface area contributed by atoms with Gasteiger partial charge in [0.05, 0.1) is 23.8 Å². The summed E-state index contributed by atoms with van der Waals surface area (Å²) in [6.45, 7) is 2.51. The molecular weight excluding hydrogens is 300 g/mol. The van der Waals surface area contributed by atoms with Crippen LogP contribution in [0.3, 0.4) is 0 Å². The van der Waals surface area contributed by atoms with Gasteiger partial charge in [0.1, 0.15) is 0 Å². The SMILES string of the molecule is O=C(c1ccc2c(Cl)c3c(nc2c1)CCC3)N1CCOCC1. The van der Waals surface area contributed by atoms with E-state index < -0.39 is 0 Å². The van der Waals surface area contributed by atoms with Crippen LogP contribution in [0.25, 0.3) is 10.9 Å². The van der Waals surface area contributed by atoms with E-state index in [0.717, 1.165) is 40.9 Å². The highest BCUT2D eigenvalue weighted by Gasteiger charge is 2.21. The lowest BCUT2D eigenvalue weighted by Crippen LogP contribution is -2.40. The summed E-state index contributed by atoms with van der Waals surface area (Å²) in [4.78, 5) is 19.1. The first-order chi connectivity index (χ1) is 10.7. The average Bonchev–Trinajstić information content (AvgIpc) is 3.03. The highest BCUT2D eigenvalue weighted by atomic mass is 35.5. The van der Waals surface area contributed by atoms with E-state index in [9.17, 15) is 4.79 Å². The molecule has 2 heterocycles. The molecule has 1 saturated heterocycles. The van der Waals surface area contributed by atoms with Crippen LogP contribution in [0.15, 0.2) is 18.2 Å². The lowest BCUT2D eigenvalue weighted by atomic mass is 10.1. The number of halogens is 1. The third kappa shape index (κ3) is 2.27. The minimum absolute atomic E-state index is 0.0450. The normalized spacial score (nSPS) is 17.8. The molecule has 4 rings (SSSR count). The number of nitrogens with zero attached hydrogens (tertiary/aromatic N) is 2. The smallest absolute Gasteiger partial charge is 0.254 e. The number of benzene rings is 1. The van der Waals surface area contributed by atoms with E-state index in [4.69, 9.17) is 21.3 Å². The zero-order chi connectivity index (χ0) is 15.1. The Morgan fingerprint density at radius 3 is 2.86 bits per heavy atom. The second-order valence-electron chi connectivity index (χ2n) is 5.84. The summed E-state index contributed by atoms with van der Waals surface area (Å²) in [5.41, 5.74) is 3.77. The minimum Gasteiger partial charge on any atom is -0.378 e. The molecule has 1 amide bonds. The molecule has 1 fully saturated rings. The topological polar surface area (TPSA) is 42.4 Å². The number of carbonyl (C=O) groups is 1. The molecule has 22 heavy (non-hydrogen) atoms. The summed E-state index contributed by atoms with van der Waals surface area (Å²) >= 11 is 6.52. The van der Waals surface area contributed by atoms with Gasteiger partial charge in [0, 0.05) is 29.7 Å². The van der Waals surface area contributed by atoms with Gasteiger partial charge < -0.3 is 9.64 Å². The summed E-state index contributed by atoms with van der Waals surface area (Å²) < 4.78 is 5.30. The van der Waals surface area contributed by atoms with Crippen molar-refractivity contribution in [3.05, 3.63) is 40.0 Å². The maximum absolute atomic E-state index is 12.6. The number of morpholine rings is 1. The van der Waals surface area contributed by atoms with Crippen LogP contribution in [0.5, 0.6) is 0 Å². The lowest BCUT2D eigenvalue weighted by molar-refractivity contribution is 0.0303. The predicted octanol–water partition coefficient (Wildman–Crippen LogP) is 2.85. The summed E-state index contributed by atoms with van der Waals surface area (Å²) in [6, 6.07) is 5.66. The summed E-state index contributed by atoms with van der Waals surface area (Å²) in [5, 5.41) is 1.75. The van der Waals surface area contributed by atoms with E-state index >= 15 is 0 Å². The van der Waals surface area contributed by atoms with E-state index in [2.05, 4.69) is 0 Å². The third-order valence-corrected chi connectivity index (χ3v) is 4.92. The Bertz CT molecular complexity index is 754. The molecule has 1 aliphatic heterocycles. The van der Waals surface area contributed by atoms with Crippen molar-refractivity contribution in [2.24, 2.45) is 0 Å². The van der Waals surface area contributed by atoms with Crippen molar-refractivity contribution in [3.63, 3.8) is 0 Å². The first kappa shape index (κ1) is 14.0. The van der Waals surface area contributed by atoms with Crippen molar-refractivity contribution >= 4 is 28.4 Å². The molecule has 1 aliphatic carbocycles. The molecule has 0 spiro atoms. The van der Waals surface area contributed by atoms with Gasteiger partial charge in [-0.1, -0.05) is 17.7 Å². The molecule has 2 aliphatic rings. The van der Waals surface area contributed by atoms with Crippen LogP contribution in [0.1, 0.15) is 28.0 Å². The van der Waals surface area contributed by atoms with E-state index in [1.807, 2.05) is 23.1 Å². The van der Waals surface area contributed by atoms with Gasteiger partial charge in [-0.2, -0.15) is 0 Å². The van der Waals surface area contributed by atoms with E-state index in [0.29, 0.717) is 31.9 Å². The number of carbonyl (C=O) groups excluding carboxylic acids is 1. The number of pyridine rings is 1. The molecule has 0 N–H and O–H groups in total. The van der Waals surface area contributed by atoms with Crippen molar-refractivity contribution in [3.8, 4) is 0 Å². The van der Waals surface area contributed by atoms with Gasteiger partial charge in [-0.25, -0.2) is 0 Å². The van der Waals surface area contributed by atoms with Gasteiger partial charge >= 0.3 is 0 Å².